The highest BCUT2D eigenvalue weighted by Crippen LogP contribution is 2.29. The number of aryl methyl sites for hydroxylation is 2. The molecule has 5 heteroatoms. The minimum atomic E-state index is 0.497. The van der Waals surface area contributed by atoms with Crippen LogP contribution in [0.4, 0.5) is 0 Å². The van der Waals surface area contributed by atoms with Gasteiger partial charge in [0.15, 0.2) is 0 Å². The Balaban J connectivity index is 1.43. The molecule has 0 saturated carbocycles. The van der Waals surface area contributed by atoms with Gasteiger partial charge < -0.3 is 0 Å². The minimum absolute atomic E-state index is 0.497. The molecular formula is C21H25N5. The van der Waals surface area contributed by atoms with E-state index in [1.807, 2.05) is 30.3 Å². The predicted octanol–water partition coefficient (Wildman–Crippen LogP) is 3.57. The summed E-state index contributed by atoms with van der Waals surface area (Å²) in [7, 11) is 1.97. The Hall–Kier alpha value is -2.53. The van der Waals surface area contributed by atoms with E-state index in [1.165, 1.54) is 16.7 Å². The van der Waals surface area contributed by atoms with Crippen molar-refractivity contribution in [2.75, 3.05) is 13.1 Å². The van der Waals surface area contributed by atoms with Crippen LogP contribution in [0.25, 0.3) is 11.3 Å². The lowest BCUT2D eigenvalue weighted by atomic mass is 9.93. The second-order valence-corrected chi connectivity index (χ2v) is 7.22. The monoisotopic (exact) mass is 347 g/mol. The summed E-state index contributed by atoms with van der Waals surface area (Å²) in [5, 5.41) is 4.26. The van der Waals surface area contributed by atoms with Gasteiger partial charge in [-0.3, -0.25) is 14.6 Å². The van der Waals surface area contributed by atoms with Crippen molar-refractivity contribution in [1.29, 1.82) is 0 Å². The van der Waals surface area contributed by atoms with Crippen molar-refractivity contribution in [3.05, 3.63) is 65.9 Å². The van der Waals surface area contributed by atoms with Crippen molar-refractivity contribution in [3.8, 4) is 11.3 Å². The maximum absolute atomic E-state index is 4.95. The van der Waals surface area contributed by atoms with Crippen molar-refractivity contribution in [1.82, 2.24) is 24.6 Å². The SMILES string of the molecule is Cc1ccccc1-c1cncc(C2CCN(Cc3cnn(C)c3)CC2)n1. The van der Waals surface area contributed by atoms with Gasteiger partial charge in [0, 0.05) is 43.0 Å². The van der Waals surface area contributed by atoms with Gasteiger partial charge in [-0.1, -0.05) is 24.3 Å². The Labute approximate surface area is 154 Å². The van der Waals surface area contributed by atoms with Crippen molar-refractivity contribution < 1.29 is 0 Å². The number of benzene rings is 1. The van der Waals surface area contributed by atoms with Gasteiger partial charge in [0.05, 0.1) is 23.8 Å². The number of aromatic nitrogens is 4. The average Bonchev–Trinajstić information content (AvgIpc) is 3.07. The average molecular weight is 347 g/mol. The molecule has 1 saturated heterocycles. The van der Waals surface area contributed by atoms with Crippen molar-refractivity contribution in [3.63, 3.8) is 0 Å². The van der Waals surface area contributed by atoms with Crippen molar-refractivity contribution in [2.24, 2.45) is 7.05 Å². The summed E-state index contributed by atoms with van der Waals surface area (Å²) in [5.74, 6) is 0.497. The van der Waals surface area contributed by atoms with Gasteiger partial charge in [-0.2, -0.15) is 5.10 Å². The summed E-state index contributed by atoms with van der Waals surface area (Å²) in [6.45, 7) is 5.29. The van der Waals surface area contributed by atoms with Crippen LogP contribution < -0.4 is 0 Å². The first-order valence-electron chi connectivity index (χ1n) is 9.27. The van der Waals surface area contributed by atoms with Gasteiger partial charge >= 0.3 is 0 Å². The fraction of sp³-hybridized carbons (Fsp3) is 0.381. The van der Waals surface area contributed by atoms with E-state index in [1.54, 1.807) is 0 Å². The molecule has 0 amide bonds. The molecule has 1 aliphatic heterocycles. The zero-order chi connectivity index (χ0) is 17.9. The highest BCUT2D eigenvalue weighted by molar-refractivity contribution is 5.62. The van der Waals surface area contributed by atoms with Crippen LogP contribution in [0.15, 0.2) is 49.1 Å². The summed E-state index contributed by atoms with van der Waals surface area (Å²) < 4.78 is 1.87. The summed E-state index contributed by atoms with van der Waals surface area (Å²) in [5.41, 5.74) is 5.82. The molecule has 5 nitrogen and oxygen atoms in total. The predicted molar refractivity (Wildman–Crippen MR) is 103 cm³/mol. The minimum Gasteiger partial charge on any atom is -0.299 e. The lowest BCUT2D eigenvalue weighted by molar-refractivity contribution is 0.203. The zero-order valence-electron chi connectivity index (χ0n) is 15.5. The van der Waals surface area contributed by atoms with Crippen LogP contribution >= 0.6 is 0 Å². The molecule has 2 aromatic heterocycles. The quantitative estimate of drug-likeness (QED) is 0.724. The van der Waals surface area contributed by atoms with Crippen LogP contribution in [-0.4, -0.2) is 37.7 Å². The highest BCUT2D eigenvalue weighted by Gasteiger charge is 2.22. The van der Waals surface area contributed by atoms with Crippen LogP contribution in [-0.2, 0) is 13.6 Å². The van der Waals surface area contributed by atoms with Crippen molar-refractivity contribution >= 4 is 0 Å². The van der Waals surface area contributed by atoms with E-state index in [0.717, 1.165) is 43.9 Å². The molecule has 0 bridgehead atoms. The number of rotatable bonds is 4. The normalized spacial score (nSPS) is 16.1. The van der Waals surface area contributed by atoms with E-state index in [4.69, 9.17) is 4.98 Å². The second kappa shape index (κ2) is 7.38. The third-order valence-corrected chi connectivity index (χ3v) is 5.24. The first-order valence-corrected chi connectivity index (χ1v) is 9.27. The van der Waals surface area contributed by atoms with E-state index in [2.05, 4.69) is 52.4 Å². The third kappa shape index (κ3) is 3.68. The van der Waals surface area contributed by atoms with E-state index in [9.17, 15) is 0 Å². The maximum atomic E-state index is 4.95. The van der Waals surface area contributed by atoms with Crippen LogP contribution in [0.2, 0.25) is 0 Å². The zero-order valence-corrected chi connectivity index (χ0v) is 15.5. The number of likely N-dealkylation sites (tertiary alicyclic amines) is 1. The lowest BCUT2D eigenvalue weighted by Crippen LogP contribution is -2.32. The molecule has 0 radical (unpaired) electrons. The van der Waals surface area contributed by atoms with Crippen LogP contribution in [0.3, 0.4) is 0 Å². The molecule has 3 aromatic rings. The van der Waals surface area contributed by atoms with Gasteiger partial charge in [-0.25, -0.2) is 4.98 Å². The van der Waals surface area contributed by atoms with E-state index < -0.39 is 0 Å². The van der Waals surface area contributed by atoms with Gasteiger partial charge in [0.2, 0.25) is 0 Å². The Morgan fingerprint density at radius 3 is 2.62 bits per heavy atom. The first-order chi connectivity index (χ1) is 12.7. The molecule has 134 valence electrons. The Bertz CT molecular complexity index is 877. The van der Waals surface area contributed by atoms with E-state index in [0.29, 0.717) is 5.92 Å². The molecule has 1 aliphatic rings. The molecule has 3 heterocycles. The molecule has 1 aromatic carbocycles. The van der Waals surface area contributed by atoms with E-state index in [-0.39, 0.29) is 0 Å². The van der Waals surface area contributed by atoms with Crippen LogP contribution in [0.1, 0.15) is 35.6 Å². The molecule has 0 atom stereocenters. The van der Waals surface area contributed by atoms with E-state index >= 15 is 0 Å². The number of piperidine rings is 1. The Kier molecular flexibility index (Phi) is 4.80. The highest BCUT2D eigenvalue weighted by atomic mass is 15.2. The van der Waals surface area contributed by atoms with Gasteiger partial charge in [-0.15, -0.1) is 0 Å². The largest absolute Gasteiger partial charge is 0.299 e. The molecule has 4 rings (SSSR count). The molecule has 0 aliphatic carbocycles. The lowest BCUT2D eigenvalue weighted by Gasteiger charge is -2.31. The Morgan fingerprint density at radius 2 is 1.88 bits per heavy atom. The maximum Gasteiger partial charge on any atom is 0.0891 e. The van der Waals surface area contributed by atoms with Gasteiger partial charge in [0.1, 0.15) is 0 Å². The van der Waals surface area contributed by atoms with Crippen molar-refractivity contribution in [2.45, 2.75) is 32.2 Å². The molecular weight excluding hydrogens is 322 g/mol. The standard InChI is InChI=1S/C21H25N5/c1-16-5-3-4-6-19(16)21-13-22-12-20(24-21)18-7-9-26(10-8-18)15-17-11-23-25(2)14-17/h3-6,11-14,18H,7-10,15H2,1-2H3. The summed E-state index contributed by atoms with van der Waals surface area (Å²) >= 11 is 0. The number of nitrogens with zero attached hydrogens (tertiary/aromatic N) is 5. The number of hydrogen-bond acceptors (Lipinski definition) is 4. The smallest absolute Gasteiger partial charge is 0.0891 e. The molecule has 0 N–H and O–H groups in total. The summed E-state index contributed by atoms with van der Waals surface area (Å²) in [6.07, 6.45) is 10.2. The fourth-order valence-electron chi connectivity index (χ4n) is 3.77. The topological polar surface area (TPSA) is 46.8 Å². The Morgan fingerprint density at radius 1 is 1.08 bits per heavy atom. The van der Waals surface area contributed by atoms with Gasteiger partial charge in [0.25, 0.3) is 0 Å². The first kappa shape index (κ1) is 16.9. The third-order valence-electron chi connectivity index (χ3n) is 5.24. The van der Waals surface area contributed by atoms with Gasteiger partial charge in [-0.05, 0) is 38.4 Å². The molecule has 0 unspecified atom stereocenters. The van der Waals surface area contributed by atoms with Crippen LogP contribution in [0, 0.1) is 6.92 Å². The second-order valence-electron chi connectivity index (χ2n) is 7.22. The molecule has 1 fully saturated rings. The number of hydrogen-bond donors (Lipinski definition) is 0. The summed E-state index contributed by atoms with van der Waals surface area (Å²) in [4.78, 5) is 11.9. The molecule has 26 heavy (non-hydrogen) atoms. The summed E-state index contributed by atoms with van der Waals surface area (Å²) in [6, 6.07) is 8.38. The van der Waals surface area contributed by atoms with Crippen LogP contribution in [0.5, 0.6) is 0 Å². The molecule has 0 spiro atoms. The fourth-order valence-corrected chi connectivity index (χ4v) is 3.77.